The first-order chi connectivity index (χ1) is 10.6. The summed E-state index contributed by atoms with van der Waals surface area (Å²) in [6, 6.07) is 7.32. The van der Waals surface area contributed by atoms with Crippen LogP contribution in [0.2, 0.25) is 0 Å². The number of nitrogens with zero attached hydrogens (tertiary/aromatic N) is 2. The minimum Gasteiger partial charge on any atom is -0.450 e. The summed E-state index contributed by atoms with van der Waals surface area (Å²) in [5.41, 5.74) is 5.15. The summed E-state index contributed by atoms with van der Waals surface area (Å²) < 4.78 is 4.96. The summed E-state index contributed by atoms with van der Waals surface area (Å²) in [5, 5.41) is 4.16. The van der Waals surface area contributed by atoms with E-state index >= 15 is 0 Å². The number of ether oxygens (including phenoxy) is 1. The summed E-state index contributed by atoms with van der Waals surface area (Å²) in [6.07, 6.45) is 1.00. The van der Waals surface area contributed by atoms with Crippen LogP contribution in [0, 0.1) is 6.92 Å². The van der Waals surface area contributed by atoms with Gasteiger partial charge in [-0.15, -0.1) is 0 Å². The smallest absolute Gasteiger partial charge is 0.409 e. The van der Waals surface area contributed by atoms with Crippen LogP contribution in [-0.4, -0.2) is 42.3 Å². The van der Waals surface area contributed by atoms with E-state index in [4.69, 9.17) is 4.74 Å². The first-order valence-electron chi connectivity index (χ1n) is 7.44. The second-order valence-corrected chi connectivity index (χ2v) is 5.17. The number of piperidine rings is 1. The first kappa shape index (κ1) is 16.0. The number of hydrazone groups is 1. The van der Waals surface area contributed by atoms with Crippen molar-refractivity contribution in [2.45, 2.75) is 26.7 Å². The van der Waals surface area contributed by atoms with Crippen molar-refractivity contribution < 1.29 is 14.3 Å². The number of aryl methyl sites for hydroxylation is 1. The van der Waals surface area contributed by atoms with E-state index in [1.165, 1.54) is 0 Å². The lowest BCUT2D eigenvalue weighted by Crippen LogP contribution is -2.39. The lowest BCUT2D eigenvalue weighted by molar-refractivity contribution is 0.0951. The van der Waals surface area contributed by atoms with Crippen LogP contribution >= 0.6 is 0 Å². The van der Waals surface area contributed by atoms with E-state index in [0.29, 0.717) is 38.1 Å². The van der Waals surface area contributed by atoms with Gasteiger partial charge in [0, 0.05) is 37.2 Å². The highest BCUT2D eigenvalue weighted by molar-refractivity contribution is 5.95. The maximum Gasteiger partial charge on any atom is 0.409 e. The third-order valence-corrected chi connectivity index (χ3v) is 3.50. The van der Waals surface area contributed by atoms with E-state index in [1.807, 2.05) is 19.1 Å². The number of carbonyl (C=O) groups is 2. The van der Waals surface area contributed by atoms with Crippen LogP contribution < -0.4 is 5.43 Å². The van der Waals surface area contributed by atoms with Crippen LogP contribution in [0.15, 0.2) is 29.4 Å². The monoisotopic (exact) mass is 303 g/mol. The highest BCUT2D eigenvalue weighted by atomic mass is 16.6. The zero-order valence-electron chi connectivity index (χ0n) is 13.0. The standard InChI is InChI=1S/C16H21N3O3/c1-3-22-16(21)19-10-8-14(9-11-19)17-18-15(20)13-6-4-12(2)5-7-13/h4-7H,3,8-11H2,1-2H3,(H,18,20). The fraction of sp³-hybridized carbons (Fsp3) is 0.438. The third kappa shape index (κ3) is 4.31. The van der Waals surface area contributed by atoms with Gasteiger partial charge in [0.1, 0.15) is 0 Å². The van der Waals surface area contributed by atoms with Crippen molar-refractivity contribution in [1.29, 1.82) is 0 Å². The molecule has 2 rings (SSSR count). The highest BCUT2D eigenvalue weighted by Gasteiger charge is 2.20. The molecule has 1 aliphatic rings. The van der Waals surface area contributed by atoms with Crippen molar-refractivity contribution in [3.63, 3.8) is 0 Å². The van der Waals surface area contributed by atoms with E-state index < -0.39 is 0 Å². The van der Waals surface area contributed by atoms with Gasteiger partial charge in [-0.3, -0.25) is 4.79 Å². The zero-order chi connectivity index (χ0) is 15.9. The van der Waals surface area contributed by atoms with Crippen LogP contribution in [0.4, 0.5) is 4.79 Å². The second-order valence-electron chi connectivity index (χ2n) is 5.17. The summed E-state index contributed by atoms with van der Waals surface area (Å²) in [5.74, 6) is -0.222. The summed E-state index contributed by atoms with van der Waals surface area (Å²) in [7, 11) is 0. The van der Waals surface area contributed by atoms with Crippen molar-refractivity contribution in [2.75, 3.05) is 19.7 Å². The van der Waals surface area contributed by atoms with Gasteiger partial charge < -0.3 is 9.64 Å². The molecule has 0 unspecified atom stereocenters. The average molecular weight is 303 g/mol. The predicted octanol–water partition coefficient (Wildman–Crippen LogP) is 2.33. The molecule has 1 N–H and O–H groups in total. The molecule has 6 nitrogen and oxygen atoms in total. The molecule has 1 heterocycles. The van der Waals surface area contributed by atoms with Gasteiger partial charge in [-0.05, 0) is 26.0 Å². The molecule has 0 radical (unpaired) electrons. The Balaban J connectivity index is 1.84. The normalized spacial score (nSPS) is 14.5. The Hall–Kier alpha value is -2.37. The Kier molecular flexibility index (Phi) is 5.52. The van der Waals surface area contributed by atoms with Crippen LogP contribution in [0.1, 0.15) is 35.7 Å². The number of likely N-dealkylation sites (tertiary alicyclic amines) is 1. The largest absolute Gasteiger partial charge is 0.450 e. The lowest BCUT2D eigenvalue weighted by atomic mass is 10.1. The molecule has 0 bridgehead atoms. The van der Waals surface area contributed by atoms with Crippen molar-refractivity contribution in [3.05, 3.63) is 35.4 Å². The number of hydrogen-bond donors (Lipinski definition) is 1. The Labute approximate surface area is 130 Å². The molecule has 1 saturated heterocycles. The molecule has 0 saturated carbocycles. The third-order valence-electron chi connectivity index (χ3n) is 3.50. The Morgan fingerprint density at radius 1 is 1.23 bits per heavy atom. The molecule has 22 heavy (non-hydrogen) atoms. The van der Waals surface area contributed by atoms with Crippen molar-refractivity contribution in [1.82, 2.24) is 10.3 Å². The van der Waals surface area contributed by atoms with Crippen LogP contribution in [0.25, 0.3) is 0 Å². The van der Waals surface area contributed by atoms with E-state index in [-0.39, 0.29) is 12.0 Å². The minimum absolute atomic E-state index is 0.222. The molecule has 6 heteroatoms. The number of benzene rings is 1. The molecule has 0 spiro atoms. The summed E-state index contributed by atoms with van der Waals surface area (Å²) >= 11 is 0. The first-order valence-corrected chi connectivity index (χ1v) is 7.44. The van der Waals surface area contributed by atoms with E-state index in [9.17, 15) is 9.59 Å². The van der Waals surface area contributed by atoms with Gasteiger partial charge in [-0.25, -0.2) is 10.2 Å². The molecular weight excluding hydrogens is 282 g/mol. The summed E-state index contributed by atoms with van der Waals surface area (Å²) in [6.45, 7) is 5.27. The number of hydrogen-bond acceptors (Lipinski definition) is 4. The Morgan fingerprint density at radius 3 is 2.45 bits per heavy atom. The van der Waals surface area contributed by atoms with Crippen molar-refractivity contribution in [2.24, 2.45) is 5.10 Å². The number of nitrogens with one attached hydrogen (secondary N) is 1. The molecule has 0 atom stereocenters. The second kappa shape index (κ2) is 7.59. The van der Waals surface area contributed by atoms with Crippen molar-refractivity contribution >= 4 is 17.7 Å². The van der Waals surface area contributed by atoms with Crippen LogP contribution in [0.5, 0.6) is 0 Å². The highest BCUT2D eigenvalue weighted by Crippen LogP contribution is 2.09. The molecule has 1 aromatic carbocycles. The maximum atomic E-state index is 12.0. The quantitative estimate of drug-likeness (QED) is 0.871. The topological polar surface area (TPSA) is 71.0 Å². The molecule has 1 aliphatic heterocycles. The number of amides is 2. The van der Waals surface area contributed by atoms with E-state index in [1.54, 1.807) is 24.0 Å². The Morgan fingerprint density at radius 2 is 1.86 bits per heavy atom. The molecule has 2 amide bonds. The molecular formula is C16H21N3O3. The van der Waals surface area contributed by atoms with Gasteiger partial charge >= 0.3 is 6.09 Å². The number of rotatable bonds is 3. The van der Waals surface area contributed by atoms with Crippen molar-refractivity contribution in [3.8, 4) is 0 Å². The summed E-state index contributed by atoms with van der Waals surface area (Å²) in [4.78, 5) is 25.2. The SMILES string of the molecule is CCOC(=O)N1CCC(=NNC(=O)c2ccc(C)cc2)CC1. The average Bonchev–Trinajstić information content (AvgIpc) is 2.54. The molecule has 1 fully saturated rings. The molecule has 1 aromatic rings. The van der Waals surface area contributed by atoms with Gasteiger partial charge in [0.2, 0.25) is 0 Å². The Bertz CT molecular complexity index is 557. The van der Waals surface area contributed by atoms with Gasteiger partial charge in [-0.1, -0.05) is 17.7 Å². The fourth-order valence-electron chi connectivity index (χ4n) is 2.17. The van der Waals surface area contributed by atoms with Gasteiger partial charge in [0.05, 0.1) is 6.61 Å². The lowest BCUT2D eigenvalue weighted by Gasteiger charge is -2.26. The fourth-order valence-corrected chi connectivity index (χ4v) is 2.17. The van der Waals surface area contributed by atoms with E-state index in [0.717, 1.165) is 11.3 Å². The minimum atomic E-state index is -0.287. The molecule has 118 valence electrons. The zero-order valence-corrected chi connectivity index (χ0v) is 13.0. The molecule has 0 aromatic heterocycles. The predicted molar refractivity (Wildman–Crippen MR) is 83.9 cm³/mol. The van der Waals surface area contributed by atoms with Gasteiger partial charge in [0.25, 0.3) is 5.91 Å². The van der Waals surface area contributed by atoms with Crippen LogP contribution in [0.3, 0.4) is 0 Å². The number of carbonyl (C=O) groups excluding carboxylic acids is 2. The van der Waals surface area contributed by atoms with Crippen LogP contribution in [-0.2, 0) is 4.74 Å². The van der Waals surface area contributed by atoms with Gasteiger partial charge in [-0.2, -0.15) is 5.10 Å². The molecule has 0 aliphatic carbocycles. The maximum absolute atomic E-state index is 12.0. The van der Waals surface area contributed by atoms with E-state index in [2.05, 4.69) is 10.5 Å². The van der Waals surface area contributed by atoms with Gasteiger partial charge in [0.15, 0.2) is 0 Å².